The first-order valence-electron chi connectivity index (χ1n) is 6.21. The van der Waals surface area contributed by atoms with Crippen molar-refractivity contribution in [1.29, 1.82) is 0 Å². The van der Waals surface area contributed by atoms with Crippen LogP contribution in [0.2, 0.25) is 0 Å². The second-order valence-corrected chi connectivity index (χ2v) is 4.52. The van der Waals surface area contributed by atoms with Crippen molar-refractivity contribution in [3.63, 3.8) is 0 Å². The van der Waals surface area contributed by atoms with Crippen LogP contribution in [0, 0.1) is 0 Å². The molecular formula is C16H15KN2O2. The van der Waals surface area contributed by atoms with Gasteiger partial charge in [-0.25, -0.2) is 4.99 Å². The van der Waals surface area contributed by atoms with E-state index in [1.54, 1.807) is 36.4 Å². The number of aliphatic imine (C=N–C) groups is 1. The summed E-state index contributed by atoms with van der Waals surface area (Å²) in [6, 6.07) is 16.1. The molecule has 0 spiro atoms. The van der Waals surface area contributed by atoms with Crippen LogP contribution in [0.25, 0.3) is 0 Å². The number of carboxylic acid groups (broad SMARTS) is 1. The fraction of sp³-hybridized carbons (Fsp3) is 0.125. The zero-order valence-corrected chi connectivity index (χ0v) is 15.5. The van der Waals surface area contributed by atoms with E-state index in [4.69, 9.17) is 0 Å². The zero-order chi connectivity index (χ0) is 14.5. The Morgan fingerprint density at radius 3 is 2.05 bits per heavy atom. The number of carboxylic acids is 1. The van der Waals surface area contributed by atoms with Gasteiger partial charge in [-0.1, -0.05) is 30.3 Å². The van der Waals surface area contributed by atoms with Crippen LogP contribution in [-0.2, 0) is 4.79 Å². The van der Waals surface area contributed by atoms with E-state index in [1.165, 1.54) is 0 Å². The monoisotopic (exact) mass is 306 g/mol. The summed E-state index contributed by atoms with van der Waals surface area (Å²) in [4.78, 5) is 17.4. The second-order valence-electron chi connectivity index (χ2n) is 4.52. The average molecular weight is 306 g/mol. The molecule has 5 heteroatoms. The summed E-state index contributed by atoms with van der Waals surface area (Å²) in [6.45, 7) is 0. The molecule has 0 N–H and O–H groups in total. The van der Waals surface area contributed by atoms with Gasteiger partial charge in [-0.2, -0.15) is 0 Å². The number of hydrogen-bond acceptors (Lipinski definition) is 4. The molecule has 0 bridgehead atoms. The maximum absolute atomic E-state index is 11.2. The van der Waals surface area contributed by atoms with E-state index in [-0.39, 0.29) is 57.1 Å². The molecule has 0 fully saturated rings. The Kier molecular flexibility index (Phi) is 7.28. The largest absolute Gasteiger partial charge is 1.00 e. The van der Waals surface area contributed by atoms with Gasteiger partial charge in [-0.05, 0) is 24.3 Å². The number of anilines is 1. The standard InChI is InChI=1S/C16H16N2O2.K/c1-18(2)14-10-8-13(9-11-14)17-15(16(19)20)12-6-4-3-5-7-12;/h3-11H,1-2H3,(H,19,20);/q;+1/p-1. The van der Waals surface area contributed by atoms with Crippen LogP contribution >= 0.6 is 0 Å². The summed E-state index contributed by atoms with van der Waals surface area (Å²) >= 11 is 0. The average Bonchev–Trinajstić information content (AvgIpc) is 2.46. The van der Waals surface area contributed by atoms with Gasteiger partial charge in [0.1, 0.15) is 0 Å². The van der Waals surface area contributed by atoms with E-state index < -0.39 is 5.97 Å². The van der Waals surface area contributed by atoms with Gasteiger partial charge < -0.3 is 14.8 Å². The normalized spacial score (nSPS) is 10.7. The minimum Gasteiger partial charge on any atom is -0.543 e. The fourth-order valence-corrected chi connectivity index (χ4v) is 1.78. The smallest absolute Gasteiger partial charge is 0.543 e. The molecule has 2 aromatic carbocycles. The molecule has 4 nitrogen and oxygen atoms in total. The first kappa shape index (κ1) is 18.1. The van der Waals surface area contributed by atoms with Crippen LogP contribution in [0.15, 0.2) is 59.6 Å². The van der Waals surface area contributed by atoms with Gasteiger partial charge in [0.2, 0.25) is 0 Å². The number of nitrogens with zero attached hydrogens (tertiary/aromatic N) is 2. The zero-order valence-electron chi connectivity index (χ0n) is 12.4. The molecule has 0 aliphatic rings. The molecular weight excluding hydrogens is 291 g/mol. The third-order valence-corrected chi connectivity index (χ3v) is 2.85. The molecule has 0 heterocycles. The summed E-state index contributed by atoms with van der Waals surface area (Å²) in [6.07, 6.45) is 0. The van der Waals surface area contributed by atoms with E-state index in [2.05, 4.69) is 4.99 Å². The molecule has 0 aromatic heterocycles. The van der Waals surface area contributed by atoms with E-state index in [9.17, 15) is 9.90 Å². The molecule has 0 aliphatic carbocycles. The molecule has 102 valence electrons. The van der Waals surface area contributed by atoms with Crippen molar-refractivity contribution < 1.29 is 61.3 Å². The van der Waals surface area contributed by atoms with Crippen LogP contribution in [0.5, 0.6) is 0 Å². The van der Waals surface area contributed by atoms with Crippen LogP contribution in [0.3, 0.4) is 0 Å². The number of carbonyl (C=O) groups excluding carboxylic acids is 1. The van der Waals surface area contributed by atoms with Crippen LogP contribution in [-0.4, -0.2) is 25.8 Å². The SMILES string of the molecule is CN(C)c1ccc(N=C(C(=O)[O-])c2ccccc2)cc1.[K+]. The number of benzene rings is 2. The van der Waals surface area contributed by atoms with Crippen molar-refractivity contribution >= 4 is 23.1 Å². The Bertz CT molecular complexity index is 622. The molecule has 0 radical (unpaired) electrons. The third kappa shape index (κ3) is 5.05. The van der Waals surface area contributed by atoms with E-state index >= 15 is 0 Å². The van der Waals surface area contributed by atoms with Gasteiger partial charge >= 0.3 is 51.4 Å². The number of carbonyl (C=O) groups is 1. The summed E-state index contributed by atoms with van der Waals surface area (Å²) in [5.41, 5.74) is 2.07. The summed E-state index contributed by atoms with van der Waals surface area (Å²) in [5, 5.41) is 11.2. The molecule has 0 atom stereocenters. The molecule has 21 heavy (non-hydrogen) atoms. The quantitative estimate of drug-likeness (QED) is 0.517. The van der Waals surface area contributed by atoms with Crippen LogP contribution in [0.4, 0.5) is 11.4 Å². The number of aliphatic carboxylic acids is 1. The predicted octanol–water partition coefficient (Wildman–Crippen LogP) is -1.37. The van der Waals surface area contributed by atoms with Gasteiger partial charge in [-0.15, -0.1) is 0 Å². The Labute approximate surface area is 166 Å². The number of rotatable bonds is 4. The first-order valence-corrected chi connectivity index (χ1v) is 6.21. The van der Waals surface area contributed by atoms with Crippen LogP contribution < -0.4 is 61.4 Å². The molecule has 0 saturated carbocycles. The van der Waals surface area contributed by atoms with Crippen molar-refractivity contribution in [3.8, 4) is 0 Å². The van der Waals surface area contributed by atoms with E-state index in [0.717, 1.165) is 5.69 Å². The Morgan fingerprint density at radius 1 is 1.00 bits per heavy atom. The predicted molar refractivity (Wildman–Crippen MR) is 78.4 cm³/mol. The maximum atomic E-state index is 11.2. The van der Waals surface area contributed by atoms with Crippen molar-refractivity contribution in [1.82, 2.24) is 0 Å². The summed E-state index contributed by atoms with van der Waals surface area (Å²) in [5.74, 6) is -1.28. The molecule has 0 unspecified atom stereocenters. The molecule has 0 saturated heterocycles. The molecule has 2 aromatic rings. The van der Waals surface area contributed by atoms with Gasteiger partial charge in [-0.3, -0.25) is 0 Å². The van der Waals surface area contributed by atoms with Gasteiger partial charge in [0.25, 0.3) is 0 Å². The molecule has 0 amide bonds. The second kappa shape index (κ2) is 8.46. The van der Waals surface area contributed by atoms with Gasteiger partial charge in [0.15, 0.2) is 0 Å². The Morgan fingerprint density at radius 2 is 1.57 bits per heavy atom. The van der Waals surface area contributed by atoms with Crippen molar-refractivity contribution in [3.05, 3.63) is 60.2 Å². The molecule has 0 aliphatic heterocycles. The summed E-state index contributed by atoms with van der Waals surface area (Å²) < 4.78 is 0. The topological polar surface area (TPSA) is 55.7 Å². The van der Waals surface area contributed by atoms with E-state index in [0.29, 0.717) is 11.3 Å². The number of hydrogen-bond donors (Lipinski definition) is 0. The van der Waals surface area contributed by atoms with Crippen molar-refractivity contribution in [2.45, 2.75) is 0 Å². The third-order valence-electron chi connectivity index (χ3n) is 2.85. The minimum absolute atomic E-state index is 0. The summed E-state index contributed by atoms with van der Waals surface area (Å²) in [7, 11) is 3.88. The van der Waals surface area contributed by atoms with E-state index in [1.807, 2.05) is 37.2 Å². The first-order chi connectivity index (χ1) is 9.58. The van der Waals surface area contributed by atoms with Crippen molar-refractivity contribution in [2.24, 2.45) is 4.99 Å². The Hall–Kier alpha value is -0.984. The van der Waals surface area contributed by atoms with Gasteiger partial charge in [0, 0.05) is 25.3 Å². The maximum Gasteiger partial charge on any atom is 1.00 e. The van der Waals surface area contributed by atoms with Crippen molar-refractivity contribution in [2.75, 3.05) is 19.0 Å². The Balaban J connectivity index is 0.00000220. The molecule has 2 rings (SSSR count). The fourth-order valence-electron chi connectivity index (χ4n) is 1.78. The minimum atomic E-state index is -1.28. The van der Waals surface area contributed by atoms with Crippen LogP contribution in [0.1, 0.15) is 5.56 Å². The van der Waals surface area contributed by atoms with Gasteiger partial charge in [0.05, 0.1) is 17.4 Å².